The Morgan fingerprint density at radius 2 is 2.24 bits per heavy atom. The van der Waals surface area contributed by atoms with E-state index in [1.54, 1.807) is 0 Å². The summed E-state index contributed by atoms with van der Waals surface area (Å²) in [5.74, 6) is 1.52. The van der Waals surface area contributed by atoms with Crippen LogP contribution in [0.25, 0.3) is 11.6 Å². The first-order valence-electron chi connectivity index (χ1n) is 6.79. The lowest BCUT2D eigenvalue weighted by Gasteiger charge is -2.30. The first kappa shape index (κ1) is 13.6. The van der Waals surface area contributed by atoms with Crippen molar-refractivity contribution in [3.05, 3.63) is 22.2 Å². The van der Waals surface area contributed by atoms with Gasteiger partial charge in [0.25, 0.3) is 0 Å². The number of nitrogens with two attached hydrogens (primary N) is 1. The fourth-order valence-corrected chi connectivity index (χ4v) is 2.43. The highest BCUT2D eigenvalue weighted by molar-refractivity contribution is 5.51. The number of H-pyrrole nitrogens is 1. The van der Waals surface area contributed by atoms with E-state index in [4.69, 9.17) is 10.2 Å². The van der Waals surface area contributed by atoms with Gasteiger partial charge in [-0.3, -0.25) is 15.2 Å². The lowest BCUT2D eigenvalue weighted by atomic mass is 9.97. The lowest BCUT2D eigenvalue weighted by Crippen LogP contribution is -2.36. The van der Waals surface area contributed by atoms with Crippen LogP contribution >= 0.6 is 0 Å². The molecular formula is C12H16N6O3. The number of aromatic amines is 1. The molecule has 112 valence electrons. The Bertz CT molecular complexity index is 628. The van der Waals surface area contributed by atoms with Gasteiger partial charge in [-0.1, -0.05) is 0 Å². The van der Waals surface area contributed by atoms with Crippen molar-refractivity contribution >= 4 is 11.8 Å². The molecule has 1 fully saturated rings. The molecule has 9 heteroatoms. The van der Waals surface area contributed by atoms with E-state index < -0.39 is 4.92 Å². The van der Waals surface area contributed by atoms with Crippen molar-refractivity contribution in [2.24, 2.45) is 11.7 Å². The second-order valence-corrected chi connectivity index (χ2v) is 5.05. The number of aromatic nitrogens is 3. The second-order valence-electron chi connectivity index (χ2n) is 5.05. The van der Waals surface area contributed by atoms with E-state index in [-0.39, 0.29) is 5.88 Å². The van der Waals surface area contributed by atoms with Gasteiger partial charge >= 0.3 is 5.88 Å². The Morgan fingerprint density at radius 1 is 1.48 bits per heavy atom. The first-order valence-corrected chi connectivity index (χ1v) is 6.79. The first-order chi connectivity index (χ1) is 10.2. The number of anilines is 1. The van der Waals surface area contributed by atoms with Gasteiger partial charge in [0, 0.05) is 13.1 Å². The molecular weight excluding hydrogens is 276 g/mol. The van der Waals surface area contributed by atoms with Crippen molar-refractivity contribution < 1.29 is 9.34 Å². The van der Waals surface area contributed by atoms with Crippen LogP contribution < -0.4 is 10.6 Å². The molecule has 0 unspecified atom stereocenters. The Labute approximate surface area is 120 Å². The highest BCUT2D eigenvalue weighted by atomic mass is 16.6. The van der Waals surface area contributed by atoms with Crippen LogP contribution in [0, 0.1) is 16.0 Å². The minimum absolute atomic E-state index is 0.303. The molecule has 1 aliphatic heterocycles. The molecule has 3 N–H and O–H groups in total. The Balaban J connectivity index is 1.72. The number of piperidine rings is 1. The smallest absolute Gasteiger partial charge is 0.397 e. The van der Waals surface area contributed by atoms with Crippen LogP contribution in [0.1, 0.15) is 12.8 Å². The molecule has 0 amide bonds. The molecule has 9 nitrogen and oxygen atoms in total. The fraction of sp³-hybridized carbons (Fsp3) is 0.500. The third kappa shape index (κ3) is 2.72. The average Bonchev–Trinajstić information content (AvgIpc) is 3.16. The van der Waals surface area contributed by atoms with E-state index in [0.29, 0.717) is 30.0 Å². The van der Waals surface area contributed by atoms with Crippen LogP contribution in [0.5, 0.6) is 0 Å². The van der Waals surface area contributed by atoms with Crippen molar-refractivity contribution in [2.75, 3.05) is 24.5 Å². The van der Waals surface area contributed by atoms with Gasteiger partial charge in [0.05, 0.1) is 6.07 Å². The Morgan fingerprint density at radius 3 is 2.86 bits per heavy atom. The molecule has 0 aliphatic carbocycles. The van der Waals surface area contributed by atoms with Crippen molar-refractivity contribution in [2.45, 2.75) is 12.8 Å². The van der Waals surface area contributed by atoms with Gasteiger partial charge in [-0.15, -0.1) is 5.10 Å². The van der Waals surface area contributed by atoms with Crippen molar-refractivity contribution in [3.8, 4) is 11.6 Å². The standard InChI is InChI=1S/C12H16N6O3/c13-7-8-3-5-17(6-4-8)12-14-11(15-16-12)9-1-2-10(21-9)18(19)20/h1-2,8H,3-7,13H2,(H,14,15,16). The third-order valence-corrected chi connectivity index (χ3v) is 3.71. The maximum atomic E-state index is 10.6. The van der Waals surface area contributed by atoms with Crippen molar-refractivity contribution in [1.82, 2.24) is 15.2 Å². The molecule has 2 aromatic heterocycles. The van der Waals surface area contributed by atoms with Gasteiger partial charge in [-0.2, -0.15) is 4.98 Å². The van der Waals surface area contributed by atoms with Crippen molar-refractivity contribution in [3.63, 3.8) is 0 Å². The van der Waals surface area contributed by atoms with Gasteiger partial charge in [-0.05, 0) is 31.4 Å². The average molecular weight is 292 g/mol. The van der Waals surface area contributed by atoms with Gasteiger partial charge in [0.1, 0.15) is 4.92 Å². The van der Waals surface area contributed by atoms with E-state index in [0.717, 1.165) is 25.9 Å². The van der Waals surface area contributed by atoms with E-state index in [9.17, 15) is 10.1 Å². The monoisotopic (exact) mass is 292 g/mol. The number of hydrogen-bond acceptors (Lipinski definition) is 7. The molecule has 0 saturated carbocycles. The summed E-state index contributed by atoms with van der Waals surface area (Å²) in [6.07, 6.45) is 2.04. The van der Waals surface area contributed by atoms with Crippen LogP contribution in [0.4, 0.5) is 11.8 Å². The normalized spacial score (nSPS) is 16.3. The Hall–Kier alpha value is -2.42. The van der Waals surface area contributed by atoms with Gasteiger partial charge < -0.3 is 15.1 Å². The summed E-state index contributed by atoms with van der Waals surface area (Å²) < 4.78 is 5.10. The molecule has 2 aromatic rings. The predicted octanol–water partition coefficient (Wildman–Crippen LogP) is 1.15. The van der Waals surface area contributed by atoms with Crippen LogP contribution in [0.2, 0.25) is 0 Å². The molecule has 0 bridgehead atoms. The maximum Gasteiger partial charge on any atom is 0.433 e. The zero-order chi connectivity index (χ0) is 14.8. The molecule has 0 atom stereocenters. The topological polar surface area (TPSA) is 127 Å². The second kappa shape index (κ2) is 5.52. The van der Waals surface area contributed by atoms with Gasteiger partial charge in [0.2, 0.25) is 5.95 Å². The number of nitrogens with one attached hydrogen (secondary N) is 1. The third-order valence-electron chi connectivity index (χ3n) is 3.71. The number of nitrogens with zero attached hydrogens (tertiary/aromatic N) is 4. The van der Waals surface area contributed by atoms with Crippen LogP contribution in [-0.2, 0) is 0 Å². The van der Waals surface area contributed by atoms with Crippen LogP contribution in [0.3, 0.4) is 0 Å². The number of hydrogen-bond donors (Lipinski definition) is 2. The molecule has 3 heterocycles. The molecule has 21 heavy (non-hydrogen) atoms. The van der Waals surface area contributed by atoms with Crippen LogP contribution in [-0.4, -0.2) is 39.7 Å². The molecule has 0 spiro atoms. The summed E-state index contributed by atoms with van der Waals surface area (Å²) in [4.78, 5) is 16.4. The van der Waals surface area contributed by atoms with E-state index in [2.05, 4.69) is 20.1 Å². The Kier molecular flexibility index (Phi) is 3.57. The minimum atomic E-state index is -0.585. The number of rotatable bonds is 4. The largest absolute Gasteiger partial charge is 0.433 e. The predicted molar refractivity (Wildman–Crippen MR) is 74.7 cm³/mol. The van der Waals surface area contributed by atoms with Gasteiger partial charge in [-0.25, -0.2) is 0 Å². The SMILES string of the molecule is NCC1CCN(c2n[nH]c(-c3ccc([N+](=O)[O-])o3)n2)CC1. The van der Waals surface area contributed by atoms with Crippen LogP contribution in [0.15, 0.2) is 16.5 Å². The molecule has 1 saturated heterocycles. The van der Waals surface area contributed by atoms with E-state index in [1.165, 1.54) is 12.1 Å². The minimum Gasteiger partial charge on any atom is -0.397 e. The molecule has 0 aromatic carbocycles. The maximum absolute atomic E-state index is 10.6. The summed E-state index contributed by atoms with van der Waals surface area (Å²) >= 11 is 0. The molecule has 1 aliphatic rings. The van der Waals surface area contributed by atoms with E-state index >= 15 is 0 Å². The highest BCUT2D eigenvalue weighted by Crippen LogP contribution is 2.25. The highest BCUT2D eigenvalue weighted by Gasteiger charge is 2.22. The lowest BCUT2D eigenvalue weighted by molar-refractivity contribution is -0.401. The zero-order valence-corrected chi connectivity index (χ0v) is 11.4. The summed E-state index contributed by atoms with van der Waals surface area (Å²) in [5.41, 5.74) is 5.67. The number of furan rings is 1. The summed E-state index contributed by atoms with van der Waals surface area (Å²) in [5, 5.41) is 17.5. The summed E-state index contributed by atoms with van der Waals surface area (Å²) in [6.45, 7) is 2.43. The van der Waals surface area contributed by atoms with Gasteiger partial charge in [0.15, 0.2) is 11.6 Å². The zero-order valence-electron chi connectivity index (χ0n) is 11.4. The number of nitro groups is 1. The van der Waals surface area contributed by atoms with Crippen molar-refractivity contribution in [1.29, 1.82) is 0 Å². The quantitative estimate of drug-likeness (QED) is 0.639. The van der Waals surface area contributed by atoms with E-state index in [1.807, 2.05) is 0 Å². The molecule has 3 rings (SSSR count). The summed E-state index contributed by atoms with van der Waals surface area (Å²) in [7, 11) is 0. The summed E-state index contributed by atoms with van der Waals surface area (Å²) in [6, 6.07) is 2.80. The molecule has 0 radical (unpaired) electrons. The fourth-order valence-electron chi connectivity index (χ4n) is 2.43.